The summed E-state index contributed by atoms with van der Waals surface area (Å²) in [5, 5.41) is 9.42. The number of rotatable bonds is 3. The molecule has 0 aromatic rings. The van der Waals surface area contributed by atoms with Gasteiger partial charge in [0, 0.05) is 25.6 Å². The molecular formula is C17H26N2O4. The third-order valence-electron chi connectivity index (χ3n) is 5.71. The summed E-state index contributed by atoms with van der Waals surface area (Å²) in [6.07, 6.45) is 5.96. The number of amides is 2. The van der Waals surface area contributed by atoms with E-state index in [2.05, 4.69) is 0 Å². The SMILES string of the molecule is CC1CCN(C(=O)C2CC(=O)N(C3CCCC3)C2)C(C(=O)O)C1. The Morgan fingerprint density at radius 3 is 2.52 bits per heavy atom. The number of hydrogen-bond donors (Lipinski definition) is 1. The smallest absolute Gasteiger partial charge is 0.326 e. The van der Waals surface area contributed by atoms with Crippen molar-refractivity contribution in [2.24, 2.45) is 11.8 Å². The Hall–Kier alpha value is -1.59. The average Bonchev–Trinajstić information content (AvgIpc) is 3.15. The van der Waals surface area contributed by atoms with Crippen LogP contribution >= 0.6 is 0 Å². The predicted molar refractivity (Wildman–Crippen MR) is 83.6 cm³/mol. The van der Waals surface area contributed by atoms with Crippen LogP contribution in [-0.2, 0) is 14.4 Å². The fraction of sp³-hybridized carbons (Fsp3) is 0.824. The van der Waals surface area contributed by atoms with Gasteiger partial charge < -0.3 is 14.9 Å². The maximum atomic E-state index is 12.8. The van der Waals surface area contributed by atoms with Crippen molar-refractivity contribution in [3.8, 4) is 0 Å². The first kappa shape index (κ1) is 16.3. The molecule has 1 N–H and O–H groups in total. The van der Waals surface area contributed by atoms with Gasteiger partial charge in [0.2, 0.25) is 11.8 Å². The molecule has 0 aromatic carbocycles. The lowest BCUT2D eigenvalue weighted by Gasteiger charge is -2.37. The molecule has 0 radical (unpaired) electrons. The minimum absolute atomic E-state index is 0.0625. The molecule has 1 saturated carbocycles. The van der Waals surface area contributed by atoms with Crippen LogP contribution in [-0.4, -0.2) is 57.9 Å². The summed E-state index contributed by atoms with van der Waals surface area (Å²) in [6.45, 7) is 2.99. The van der Waals surface area contributed by atoms with Gasteiger partial charge in [-0.3, -0.25) is 9.59 Å². The predicted octanol–water partition coefficient (Wildman–Crippen LogP) is 1.49. The fourth-order valence-electron chi connectivity index (χ4n) is 4.34. The van der Waals surface area contributed by atoms with E-state index in [-0.39, 0.29) is 30.2 Å². The van der Waals surface area contributed by atoms with Crippen molar-refractivity contribution in [3.63, 3.8) is 0 Å². The number of carbonyl (C=O) groups is 3. The van der Waals surface area contributed by atoms with Crippen LogP contribution in [0.2, 0.25) is 0 Å². The summed E-state index contributed by atoms with van der Waals surface area (Å²) in [5.41, 5.74) is 0. The zero-order valence-electron chi connectivity index (χ0n) is 13.7. The van der Waals surface area contributed by atoms with Crippen LogP contribution in [0.3, 0.4) is 0 Å². The van der Waals surface area contributed by atoms with Crippen molar-refractivity contribution >= 4 is 17.8 Å². The zero-order chi connectivity index (χ0) is 16.6. The molecule has 2 saturated heterocycles. The van der Waals surface area contributed by atoms with E-state index in [1.807, 2.05) is 11.8 Å². The van der Waals surface area contributed by atoms with Crippen LogP contribution in [0, 0.1) is 11.8 Å². The second kappa shape index (κ2) is 6.49. The normalized spacial score (nSPS) is 32.6. The molecule has 1 aliphatic carbocycles. The number of carbonyl (C=O) groups excluding carboxylic acids is 2. The van der Waals surface area contributed by atoms with E-state index in [0.29, 0.717) is 25.4 Å². The quantitative estimate of drug-likeness (QED) is 0.854. The van der Waals surface area contributed by atoms with Gasteiger partial charge in [-0.2, -0.15) is 0 Å². The summed E-state index contributed by atoms with van der Waals surface area (Å²) in [7, 11) is 0. The van der Waals surface area contributed by atoms with Gasteiger partial charge in [0.05, 0.1) is 5.92 Å². The van der Waals surface area contributed by atoms with Crippen LogP contribution in [0.1, 0.15) is 51.9 Å². The van der Waals surface area contributed by atoms with Crippen molar-refractivity contribution in [1.82, 2.24) is 9.80 Å². The third-order valence-corrected chi connectivity index (χ3v) is 5.71. The van der Waals surface area contributed by atoms with Gasteiger partial charge in [-0.1, -0.05) is 19.8 Å². The van der Waals surface area contributed by atoms with E-state index in [0.717, 1.165) is 32.1 Å². The molecule has 2 heterocycles. The van der Waals surface area contributed by atoms with E-state index in [4.69, 9.17) is 0 Å². The van der Waals surface area contributed by atoms with Gasteiger partial charge in [-0.25, -0.2) is 4.79 Å². The Bertz CT molecular complexity index is 501. The maximum absolute atomic E-state index is 12.8. The number of piperidine rings is 1. The topological polar surface area (TPSA) is 77.9 Å². The van der Waals surface area contributed by atoms with E-state index in [1.165, 1.54) is 4.90 Å². The molecule has 3 fully saturated rings. The number of carboxylic acids is 1. The van der Waals surface area contributed by atoms with Crippen molar-refractivity contribution < 1.29 is 19.5 Å². The van der Waals surface area contributed by atoms with Gasteiger partial charge in [0.15, 0.2) is 0 Å². The molecule has 2 amide bonds. The molecular weight excluding hydrogens is 296 g/mol. The van der Waals surface area contributed by atoms with Crippen LogP contribution in [0.15, 0.2) is 0 Å². The Morgan fingerprint density at radius 2 is 1.87 bits per heavy atom. The first-order chi connectivity index (χ1) is 11.0. The highest BCUT2D eigenvalue weighted by atomic mass is 16.4. The fourth-order valence-corrected chi connectivity index (χ4v) is 4.34. The first-order valence-corrected chi connectivity index (χ1v) is 8.80. The van der Waals surface area contributed by atoms with Crippen molar-refractivity contribution in [2.75, 3.05) is 13.1 Å². The number of carboxylic acid groups (broad SMARTS) is 1. The summed E-state index contributed by atoms with van der Waals surface area (Å²) in [5.74, 6) is -1.05. The van der Waals surface area contributed by atoms with Crippen LogP contribution < -0.4 is 0 Å². The van der Waals surface area contributed by atoms with Crippen molar-refractivity contribution in [3.05, 3.63) is 0 Å². The second-order valence-electron chi connectivity index (χ2n) is 7.40. The Labute approximate surface area is 136 Å². The lowest BCUT2D eigenvalue weighted by atomic mass is 9.91. The minimum Gasteiger partial charge on any atom is -0.480 e. The molecule has 0 aromatic heterocycles. The molecule has 6 nitrogen and oxygen atoms in total. The van der Waals surface area contributed by atoms with Gasteiger partial charge in [-0.05, 0) is 31.6 Å². The molecule has 0 spiro atoms. The van der Waals surface area contributed by atoms with Crippen molar-refractivity contribution in [2.45, 2.75) is 64.0 Å². The highest BCUT2D eigenvalue weighted by molar-refractivity contribution is 5.91. The summed E-state index contributed by atoms with van der Waals surface area (Å²) in [6, 6.07) is -0.446. The molecule has 128 valence electrons. The van der Waals surface area contributed by atoms with Gasteiger partial charge in [-0.15, -0.1) is 0 Å². The van der Waals surface area contributed by atoms with Crippen LogP contribution in [0.4, 0.5) is 0 Å². The largest absolute Gasteiger partial charge is 0.480 e. The summed E-state index contributed by atoms with van der Waals surface area (Å²) >= 11 is 0. The Balaban J connectivity index is 1.67. The second-order valence-corrected chi connectivity index (χ2v) is 7.40. The Morgan fingerprint density at radius 1 is 1.17 bits per heavy atom. The third kappa shape index (κ3) is 3.21. The lowest BCUT2D eigenvalue weighted by molar-refractivity contribution is -0.154. The van der Waals surface area contributed by atoms with Crippen molar-refractivity contribution in [1.29, 1.82) is 0 Å². The van der Waals surface area contributed by atoms with E-state index < -0.39 is 12.0 Å². The molecule has 3 unspecified atom stereocenters. The van der Waals surface area contributed by atoms with Gasteiger partial charge >= 0.3 is 5.97 Å². The Kier molecular flexibility index (Phi) is 4.60. The standard InChI is InChI=1S/C17H26N2O4/c1-11-6-7-18(14(8-11)17(22)23)16(21)12-9-15(20)19(10-12)13-4-2-3-5-13/h11-14H,2-10H2,1H3,(H,22,23). The molecule has 3 aliphatic rings. The molecule has 6 heteroatoms. The number of hydrogen-bond acceptors (Lipinski definition) is 3. The van der Waals surface area contributed by atoms with Crippen LogP contribution in [0.25, 0.3) is 0 Å². The molecule has 3 rings (SSSR count). The van der Waals surface area contributed by atoms with E-state index in [1.54, 1.807) is 0 Å². The number of nitrogens with zero attached hydrogens (tertiary/aromatic N) is 2. The highest BCUT2D eigenvalue weighted by Gasteiger charge is 2.43. The molecule has 23 heavy (non-hydrogen) atoms. The maximum Gasteiger partial charge on any atom is 0.326 e. The van der Waals surface area contributed by atoms with Gasteiger partial charge in [0.25, 0.3) is 0 Å². The average molecular weight is 322 g/mol. The van der Waals surface area contributed by atoms with E-state index in [9.17, 15) is 19.5 Å². The molecule has 0 bridgehead atoms. The van der Waals surface area contributed by atoms with E-state index >= 15 is 0 Å². The summed E-state index contributed by atoms with van der Waals surface area (Å²) in [4.78, 5) is 40.0. The number of aliphatic carboxylic acids is 1. The number of likely N-dealkylation sites (tertiary alicyclic amines) is 2. The summed E-state index contributed by atoms with van der Waals surface area (Å²) < 4.78 is 0. The zero-order valence-corrected chi connectivity index (χ0v) is 13.7. The first-order valence-electron chi connectivity index (χ1n) is 8.80. The molecule has 2 aliphatic heterocycles. The van der Waals surface area contributed by atoms with Gasteiger partial charge in [0.1, 0.15) is 6.04 Å². The lowest BCUT2D eigenvalue weighted by Crippen LogP contribution is -2.52. The highest BCUT2D eigenvalue weighted by Crippen LogP contribution is 2.32. The molecule has 3 atom stereocenters. The monoisotopic (exact) mass is 322 g/mol. The van der Waals surface area contributed by atoms with Crippen LogP contribution in [0.5, 0.6) is 0 Å². The minimum atomic E-state index is -0.929.